The molecule has 3 aromatic rings. The highest BCUT2D eigenvalue weighted by atomic mass is 16.6. The number of phenols is 1. The topological polar surface area (TPSA) is 116 Å². The number of methoxy groups -OCH3 is 1. The van der Waals surface area contributed by atoms with Crippen LogP contribution in [0.25, 0.3) is 10.9 Å². The number of rotatable bonds is 12. The van der Waals surface area contributed by atoms with Crippen molar-refractivity contribution in [1.82, 2.24) is 4.57 Å². The van der Waals surface area contributed by atoms with Gasteiger partial charge in [0.1, 0.15) is 18.1 Å². The van der Waals surface area contributed by atoms with Gasteiger partial charge in [-0.3, -0.25) is 14.2 Å². The molecule has 9 heteroatoms. The molecule has 2 N–H and O–H groups in total. The second-order valence-electron chi connectivity index (χ2n) is 7.48. The number of carbonyl (C=O) groups excluding carboxylic acids is 2. The van der Waals surface area contributed by atoms with Gasteiger partial charge in [0.2, 0.25) is 0 Å². The smallest absolute Gasteiger partial charge is 0.310 e. The van der Waals surface area contributed by atoms with Crippen LogP contribution >= 0.6 is 0 Å². The van der Waals surface area contributed by atoms with Gasteiger partial charge in [-0.25, -0.2) is 0 Å². The van der Waals surface area contributed by atoms with Gasteiger partial charge in [-0.1, -0.05) is 0 Å². The Labute approximate surface area is 197 Å². The number of hydrogen-bond acceptors (Lipinski definition) is 8. The number of nitrogens with zero attached hydrogens (tertiary/aromatic N) is 1. The summed E-state index contributed by atoms with van der Waals surface area (Å²) < 4.78 is 22.6. The molecular formula is C25H29NO8. The number of ether oxygens (including phenoxy) is 4. The molecule has 0 saturated carbocycles. The van der Waals surface area contributed by atoms with Gasteiger partial charge < -0.3 is 29.2 Å². The highest BCUT2D eigenvalue weighted by Crippen LogP contribution is 2.31. The van der Waals surface area contributed by atoms with Gasteiger partial charge in [0, 0.05) is 16.6 Å². The highest BCUT2D eigenvalue weighted by Gasteiger charge is 2.22. The molecule has 34 heavy (non-hydrogen) atoms. The Kier molecular flexibility index (Phi) is 9.03. The van der Waals surface area contributed by atoms with E-state index in [4.69, 9.17) is 24.1 Å². The quantitative estimate of drug-likeness (QED) is 0.306. The molecule has 0 aliphatic heterocycles. The SMILES string of the molecule is COc1ccc2c(c1)c(CC(=O)OCCOCCOCCO)c(C)n2C(=O)c1ccc(O)cc1. The van der Waals surface area contributed by atoms with Gasteiger partial charge in [-0.2, -0.15) is 0 Å². The van der Waals surface area contributed by atoms with Crippen LogP contribution in [0.1, 0.15) is 21.6 Å². The molecule has 0 aliphatic carbocycles. The Hall–Kier alpha value is -3.40. The predicted octanol–water partition coefficient (Wildman–Crippen LogP) is 2.46. The number of carbonyl (C=O) groups is 2. The summed E-state index contributed by atoms with van der Waals surface area (Å²) in [6.45, 7) is 3.00. The van der Waals surface area contributed by atoms with Gasteiger partial charge in [0.15, 0.2) is 0 Å². The lowest BCUT2D eigenvalue weighted by Crippen LogP contribution is -2.16. The average molecular weight is 472 g/mol. The molecule has 0 unspecified atom stereocenters. The standard InChI is InChI=1S/C25H29NO8/c1-17-21(16-24(29)34-14-13-33-12-11-32-10-9-27)22-15-20(31-2)7-8-23(22)26(17)25(30)18-3-5-19(28)6-4-18/h3-8,15,27-28H,9-14,16H2,1-2H3. The summed E-state index contributed by atoms with van der Waals surface area (Å²) in [5.41, 5.74) is 2.34. The summed E-state index contributed by atoms with van der Waals surface area (Å²) in [4.78, 5) is 25.8. The lowest BCUT2D eigenvalue weighted by atomic mass is 10.1. The first kappa shape index (κ1) is 25.2. The zero-order valence-electron chi connectivity index (χ0n) is 19.3. The first-order valence-electron chi connectivity index (χ1n) is 10.9. The van der Waals surface area contributed by atoms with E-state index < -0.39 is 5.97 Å². The summed E-state index contributed by atoms with van der Waals surface area (Å²) in [5.74, 6) is -0.0417. The molecule has 0 fully saturated rings. The van der Waals surface area contributed by atoms with Crippen molar-refractivity contribution in [3.05, 3.63) is 59.3 Å². The number of aliphatic hydroxyl groups is 1. The van der Waals surface area contributed by atoms with E-state index in [-0.39, 0.29) is 44.5 Å². The number of phenolic OH excluding ortho intramolecular Hbond substituents is 1. The van der Waals surface area contributed by atoms with Gasteiger partial charge in [0.25, 0.3) is 5.91 Å². The van der Waals surface area contributed by atoms with Gasteiger partial charge in [0.05, 0.1) is 52.1 Å². The molecule has 0 bridgehead atoms. The van der Waals surface area contributed by atoms with Crippen molar-refractivity contribution in [2.45, 2.75) is 13.3 Å². The number of benzene rings is 2. The Balaban J connectivity index is 1.75. The zero-order valence-corrected chi connectivity index (χ0v) is 19.3. The number of hydrogen-bond donors (Lipinski definition) is 2. The van der Waals surface area contributed by atoms with E-state index in [1.165, 1.54) is 12.1 Å². The van der Waals surface area contributed by atoms with Crippen LogP contribution in [0.15, 0.2) is 42.5 Å². The van der Waals surface area contributed by atoms with Gasteiger partial charge >= 0.3 is 5.97 Å². The lowest BCUT2D eigenvalue weighted by Gasteiger charge is -2.08. The van der Waals surface area contributed by atoms with E-state index in [0.717, 1.165) is 5.39 Å². The second kappa shape index (κ2) is 12.2. The number of esters is 1. The van der Waals surface area contributed by atoms with E-state index in [0.29, 0.717) is 41.3 Å². The third-order valence-corrected chi connectivity index (χ3v) is 5.28. The van der Waals surface area contributed by atoms with E-state index in [1.54, 1.807) is 48.9 Å². The third kappa shape index (κ3) is 6.13. The van der Waals surface area contributed by atoms with Gasteiger partial charge in [-0.05, 0) is 55.0 Å². The van der Waals surface area contributed by atoms with Crippen molar-refractivity contribution < 1.29 is 38.7 Å². The van der Waals surface area contributed by atoms with E-state index in [2.05, 4.69) is 0 Å². The Morgan fingerprint density at radius 1 is 0.941 bits per heavy atom. The molecule has 182 valence electrons. The number of aromatic hydroxyl groups is 1. The zero-order chi connectivity index (χ0) is 24.5. The monoisotopic (exact) mass is 471 g/mol. The molecule has 0 amide bonds. The number of fused-ring (bicyclic) bond motifs is 1. The maximum atomic E-state index is 13.3. The first-order valence-corrected chi connectivity index (χ1v) is 10.9. The summed E-state index contributed by atoms with van der Waals surface area (Å²) in [6.07, 6.45) is -0.0228. The minimum atomic E-state index is -0.442. The molecule has 0 radical (unpaired) electrons. The van der Waals surface area contributed by atoms with Crippen LogP contribution in [0, 0.1) is 6.92 Å². The predicted molar refractivity (Wildman–Crippen MR) is 124 cm³/mol. The molecule has 0 atom stereocenters. The van der Waals surface area contributed by atoms with Crippen LogP contribution in [0.3, 0.4) is 0 Å². The fourth-order valence-electron chi connectivity index (χ4n) is 3.60. The largest absolute Gasteiger partial charge is 0.508 e. The number of aliphatic hydroxyl groups excluding tert-OH is 1. The summed E-state index contributed by atoms with van der Waals surface area (Å²) in [7, 11) is 1.55. The molecule has 9 nitrogen and oxygen atoms in total. The average Bonchev–Trinajstić information content (AvgIpc) is 3.11. The summed E-state index contributed by atoms with van der Waals surface area (Å²) in [6, 6.07) is 11.3. The first-order chi connectivity index (χ1) is 16.5. The second-order valence-corrected chi connectivity index (χ2v) is 7.48. The Bertz CT molecular complexity index is 1120. The molecule has 3 rings (SSSR count). The minimum Gasteiger partial charge on any atom is -0.508 e. The molecule has 2 aromatic carbocycles. The van der Waals surface area contributed by atoms with Crippen molar-refractivity contribution in [2.75, 3.05) is 46.8 Å². The van der Waals surface area contributed by atoms with E-state index >= 15 is 0 Å². The molecule has 0 saturated heterocycles. The van der Waals surface area contributed by atoms with Crippen LogP contribution in [-0.4, -0.2) is 73.4 Å². The summed E-state index contributed by atoms with van der Waals surface area (Å²) in [5, 5.41) is 18.9. The normalized spacial score (nSPS) is 11.0. The van der Waals surface area contributed by atoms with Crippen LogP contribution in [0.5, 0.6) is 11.5 Å². The summed E-state index contributed by atoms with van der Waals surface area (Å²) >= 11 is 0. The highest BCUT2D eigenvalue weighted by molar-refractivity contribution is 6.05. The van der Waals surface area contributed by atoms with Crippen molar-refractivity contribution >= 4 is 22.8 Å². The van der Waals surface area contributed by atoms with E-state index in [1.807, 2.05) is 0 Å². The minimum absolute atomic E-state index is 0.0228. The maximum Gasteiger partial charge on any atom is 0.310 e. The van der Waals surface area contributed by atoms with Crippen LogP contribution in [0.4, 0.5) is 0 Å². The fraction of sp³-hybridized carbons (Fsp3) is 0.360. The van der Waals surface area contributed by atoms with Crippen LogP contribution < -0.4 is 4.74 Å². The van der Waals surface area contributed by atoms with Crippen molar-refractivity contribution in [1.29, 1.82) is 0 Å². The molecule has 1 aromatic heterocycles. The lowest BCUT2D eigenvalue weighted by molar-refractivity contribution is -0.144. The van der Waals surface area contributed by atoms with E-state index in [9.17, 15) is 14.7 Å². The third-order valence-electron chi connectivity index (χ3n) is 5.28. The molecule has 1 heterocycles. The van der Waals surface area contributed by atoms with Crippen molar-refractivity contribution in [3.8, 4) is 11.5 Å². The Morgan fingerprint density at radius 3 is 2.29 bits per heavy atom. The molecule has 0 aliphatic rings. The van der Waals surface area contributed by atoms with Crippen LogP contribution in [0.2, 0.25) is 0 Å². The molecule has 0 spiro atoms. The van der Waals surface area contributed by atoms with Gasteiger partial charge in [-0.15, -0.1) is 0 Å². The Morgan fingerprint density at radius 2 is 1.62 bits per heavy atom. The fourth-order valence-corrected chi connectivity index (χ4v) is 3.60. The van der Waals surface area contributed by atoms with Crippen LogP contribution in [-0.2, 0) is 25.4 Å². The molecular weight excluding hydrogens is 442 g/mol. The van der Waals surface area contributed by atoms with Crippen molar-refractivity contribution in [2.24, 2.45) is 0 Å². The van der Waals surface area contributed by atoms with Crippen molar-refractivity contribution in [3.63, 3.8) is 0 Å². The maximum absolute atomic E-state index is 13.3. The number of aromatic nitrogens is 1.